The van der Waals surface area contributed by atoms with Gasteiger partial charge in [-0.3, -0.25) is 0 Å². The minimum Gasteiger partial charge on any atom is -0.385 e. The summed E-state index contributed by atoms with van der Waals surface area (Å²) >= 11 is 0. The van der Waals surface area contributed by atoms with Crippen LogP contribution in [0.5, 0.6) is 0 Å². The highest BCUT2D eigenvalue weighted by atomic mass is 16.5. The number of anilines is 1. The zero-order valence-corrected chi connectivity index (χ0v) is 15.5. The van der Waals surface area contributed by atoms with Crippen LogP contribution in [-0.4, -0.2) is 41.4 Å². The number of rotatable bonds is 6. The highest BCUT2D eigenvalue weighted by Crippen LogP contribution is 2.28. The Morgan fingerprint density at radius 2 is 2.17 bits per heavy atom. The lowest BCUT2D eigenvalue weighted by Crippen LogP contribution is -2.37. The molecule has 2 aromatic heterocycles. The van der Waals surface area contributed by atoms with Crippen LogP contribution in [0.15, 0.2) is 6.07 Å². The first-order chi connectivity index (χ1) is 11.6. The van der Waals surface area contributed by atoms with Crippen molar-refractivity contribution in [3.8, 4) is 0 Å². The number of fused-ring (bicyclic) bond motifs is 1. The van der Waals surface area contributed by atoms with E-state index in [-0.39, 0.29) is 0 Å². The van der Waals surface area contributed by atoms with Crippen molar-refractivity contribution in [2.45, 2.75) is 52.9 Å². The summed E-state index contributed by atoms with van der Waals surface area (Å²) in [4.78, 5) is 7.32. The highest BCUT2D eigenvalue weighted by molar-refractivity contribution is 5.57. The first-order valence-electron chi connectivity index (χ1n) is 9.23. The minimum absolute atomic E-state index is 0.750. The molecule has 1 aliphatic heterocycles. The standard InChI is InChI=1S/C19H30N4O/c1-5-17-12-18(23-19(20-17)14(2)15(3)21-23)22-10-6-8-16(13-22)9-7-11-24-4/h12,16H,5-11,13H2,1-4H3/t16-/m1/s1. The van der Waals surface area contributed by atoms with Gasteiger partial charge in [-0.2, -0.15) is 9.61 Å². The molecular weight excluding hydrogens is 300 g/mol. The van der Waals surface area contributed by atoms with Crippen molar-refractivity contribution in [1.29, 1.82) is 0 Å². The van der Waals surface area contributed by atoms with Crippen molar-refractivity contribution in [2.24, 2.45) is 5.92 Å². The lowest BCUT2D eigenvalue weighted by molar-refractivity contribution is 0.184. The van der Waals surface area contributed by atoms with Gasteiger partial charge in [0.1, 0.15) is 5.82 Å². The fourth-order valence-electron chi connectivity index (χ4n) is 3.69. The maximum absolute atomic E-state index is 5.21. The summed E-state index contributed by atoms with van der Waals surface area (Å²) in [6.45, 7) is 9.46. The molecule has 3 rings (SSSR count). The van der Waals surface area contributed by atoms with E-state index in [0.29, 0.717) is 0 Å². The zero-order valence-electron chi connectivity index (χ0n) is 15.5. The molecule has 0 saturated carbocycles. The second kappa shape index (κ2) is 7.51. The van der Waals surface area contributed by atoms with Gasteiger partial charge in [0.2, 0.25) is 0 Å². The smallest absolute Gasteiger partial charge is 0.160 e. The highest BCUT2D eigenvalue weighted by Gasteiger charge is 2.23. The van der Waals surface area contributed by atoms with Crippen LogP contribution in [0.2, 0.25) is 0 Å². The third-order valence-electron chi connectivity index (χ3n) is 5.26. The van der Waals surface area contributed by atoms with Gasteiger partial charge in [0.15, 0.2) is 5.65 Å². The fourth-order valence-corrected chi connectivity index (χ4v) is 3.69. The molecule has 0 unspecified atom stereocenters. The van der Waals surface area contributed by atoms with Crippen LogP contribution in [-0.2, 0) is 11.2 Å². The van der Waals surface area contributed by atoms with Gasteiger partial charge in [-0.25, -0.2) is 4.98 Å². The molecule has 132 valence electrons. The predicted molar refractivity (Wildman–Crippen MR) is 97.9 cm³/mol. The molecule has 1 fully saturated rings. The normalized spacial score (nSPS) is 18.5. The van der Waals surface area contributed by atoms with E-state index in [9.17, 15) is 0 Å². The van der Waals surface area contributed by atoms with E-state index < -0.39 is 0 Å². The van der Waals surface area contributed by atoms with Crippen molar-refractivity contribution in [2.75, 3.05) is 31.7 Å². The number of ether oxygens (including phenoxy) is 1. The Hall–Kier alpha value is -1.62. The number of piperidine rings is 1. The van der Waals surface area contributed by atoms with Gasteiger partial charge in [-0.05, 0) is 51.9 Å². The molecule has 3 heterocycles. The molecular formula is C19H30N4O. The molecule has 5 heteroatoms. The van der Waals surface area contributed by atoms with Gasteiger partial charge in [0.05, 0.1) is 5.69 Å². The second-order valence-corrected chi connectivity index (χ2v) is 6.99. The number of aromatic nitrogens is 3. The maximum atomic E-state index is 5.21. The molecule has 0 spiro atoms. The number of hydrogen-bond acceptors (Lipinski definition) is 4. The molecule has 24 heavy (non-hydrogen) atoms. The number of hydrogen-bond donors (Lipinski definition) is 0. The predicted octanol–water partition coefficient (Wildman–Crippen LogP) is 3.55. The molecule has 0 aromatic carbocycles. The molecule has 0 N–H and O–H groups in total. The molecule has 0 bridgehead atoms. The van der Waals surface area contributed by atoms with Gasteiger partial charge < -0.3 is 9.64 Å². The van der Waals surface area contributed by atoms with E-state index in [4.69, 9.17) is 14.8 Å². The quantitative estimate of drug-likeness (QED) is 0.760. The topological polar surface area (TPSA) is 42.7 Å². The lowest BCUT2D eigenvalue weighted by atomic mass is 9.93. The number of aryl methyl sites for hydroxylation is 3. The van der Waals surface area contributed by atoms with Gasteiger partial charge in [-0.15, -0.1) is 0 Å². The van der Waals surface area contributed by atoms with Crippen LogP contribution < -0.4 is 4.90 Å². The molecule has 0 aliphatic carbocycles. The Balaban J connectivity index is 1.88. The summed E-state index contributed by atoms with van der Waals surface area (Å²) in [6, 6.07) is 2.23. The van der Waals surface area contributed by atoms with Crippen molar-refractivity contribution in [3.05, 3.63) is 23.0 Å². The van der Waals surface area contributed by atoms with Gasteiger partial charge in [-0.1, -0.05) is 6.92 Å². The van der Waals surface area contributed by atoms with Gasteiger partial charge >= 0.3 is 0 Å². The van der Waals surface area contributed by atoms with E-state index in [0.717, 1.165) is 55.5 Å². The lowest BCUT2D eigenvalue weighted by Gasteiger charge is -2.34. The van der Waals surface area contributed by atoms with Crippen molar-refractivity contribution in [1.82, 2.24) is 14.6 Å². The Morgan fingerprint density at radius 3 is 2.92 bits per heavy atom. The summed E-state index contributed by atoms with van der Waals surface area (Å²) < 4.78 is 7.27. The van der Waals surface area contributed by atoms with Crippen LogP contribution in [0.25, 0.3) is 5.65 Å². The Morgan fingerprint density at radius 1 is 1.33 bits per heavy atom. The molecule has 0 radical (unpaired) electrons. The van der Waals surface area contributed by atoms with E-state index in [2.05, 4.69) is 36.3 Å². The monoisotopic (exact) mass is 330 g/mol. The molecule has 5 nitrogen and oxygen atoms in total. The van der Waals surface area contributed by atoms with E-state index in [1.807, 2.05) is 0 Å². The summed E-state index contributed by atoms with van der Waals surface area (Å²) in [5, 5.41) is 4.76. The summed E-state index contributed by atoms with van der Waals surface area (Å²) in [7, 11) is 1.79. The molecule has 1 atom stereocenters. The summed E-state index contributed by atoms with van der Waals surface area (Å²) in [5.74, 6) is 1.96. The molecule has 1 saturated heterocycles. The summed E-state index contributed by atoms with van der Waals surface area (Å²) in [5.41, 5.74) is 4.44. The van der Waals surface area contributed by atoms with Crippen molar-refractivity contribution >= 4 is 11.5 Å². The Labute approximate surface area is 145 Å². The second-order valence-electron chi connectivity index (χ2n) is 6.99. The van der Waals surface area contributed by atoms with E-state index >= 15 is 0 Å². The Bertz CT molecular complexity index is 694. The first kappa shape index (κ1) is 17.2. The van der Waals surface area contributed by atoms with Crippen molar-refractivity contribution < 1.29 is 4.74 Å². The average Bonchev–Trinajstić information content (AvgIpc) is 2.89. The van der Waals surface area contributed by atoms with E-state index in [1.54, 1.807) is 7.11 Å². The largest absolute Gasteiger partial charge is 0.385 e. The van der Waals surface area contributed by atoms with Crippen LogP contribution in [0.4, 0.5) is 5.82 Å². The van der Waals surface area contributed by atoms with Crippen LogP contribution in [0, 0.1) is 19.8 Å². The zero-order chi connectivity index (χ0) is 17.1. The van der Waals surface area contributed by atoms with Crippen LogP contribution in [0.1, 0.15) is 49.6 Å². The van der Waals surface area contributed by atoms with Gasteiger partial charge in [0, 0.05) is 44.1 Å². The van der Waals surface area contributed by atoms with Gasteiger partial charge in [0.25, 0.3) is 0 Å². The Kier molecular flexibility index (Phi) is 5.39. The van der Waals surface area contributed by atoms with Crippen LogP contribution in [0.3, 0.4) is 0 Å². The molecule has 0 amide bonds. The molecule has 1 aliphatic rings. The van der Waals surface area contributed by atoms with E-state index in [1.165, 1.54) is 30.6 Å². The third-order valence-corrected chi connectivity index (χ3v) is 5.26. The number of methoxy groups -OCH3 is 1. The van der Waals surface area contributed by atoms with Crippen molar-refractivity contribution in [3.63, 3.8) is 0 Å². The molecule has 2 aromatic rings. The fraction of sp³-hybridized carbons (Fsp3) is 0.684. The maximum Gasteiger partial charge on any atom is 0.160 e. The number of nitrogens with zero attached hydrogens (tertiary/aromatic N) is 4. The average molecular weight is 330 g/mol. The SMILES string of the molecule is CCc1cc(N2CCC[C@H](CCCOC)C2)n2nc(C)c(C)c2n1. The van der Waals surface area contributed by atoms with Crippen LogP contribution >= 0.6 is 0 Å². The first-order valence-corrected chi connectivity index (χ1v) is 9.23. The summed E-state index contributed by atoms with van der Waals surface area (Å²) in [6.07, 6.45) is 5.93. The minimum atomic E-state index is 0.750. The third kappa shape index (κ3) is 3.41.